The Labute approximate surface area is 221 Å². The minimum atomic E-state index is -0.455. The van der Waals surface area contributed by atoms with Crippen molar-refractivity contribution in [3.05, 3.63) is 69.7 Å². The maximum Gasteiger partial charge on any atom is 0.277 e. The van der Waals surface area contributed by atoms with Crippen molar-refractivity contribution in [3.8, 4) is 11.4 Å². The Morgan fingerprint density at radius 1 is 1.16 bits per heavy atom. The van der Waals surface area contributed by atoms with E-state index >= 15 is 0 Å². The van der Waals surface area contributed by atoms with Gasteiger partial charge in [0, 0.05) is 38.0 Å². The van der Waals surface area contributed by atoms with Crippen LogP contribution in [0.15, 0.2) is 41.5 Å². The monoisotopic (exact) mass is 563 g/mol. The van der Waals surface area contributed by atoms with Crippen LogP contribution in [0.25, 0.3) is 5.69 Å². The number of aromatic nitrogens is 4. The molecule has 0 saturated heterocycles. The summed E-state index contributed by atoms with van der Waals surface area (Å²) in [6, 6.07) is 6.91. The Hall–Kier alpha value is -3.73. The second-order valence-corrected chi connectivity index (χ2v) is 10.5. The zero-order chi connectivity index (χ0) is 25.8. The Morgan fingerprint density at radius 2 is 1.97 bits per heavy atom. The molecule has 0 spiro atoms. The van der Waals surface area contributed by atoms with E-state index in [9.17, 15) is 14.7 Å². The first-order valence-electron chi connectivity index (χ1n) is 12.3. The third-order valence-corrected chi connectivity index (χ3v) is 7.82. The molecule has 190 valence electrons. The van der Waals surface area contributed by atoms with Gasteiger partial charge in [-0.05, 0) is 64.5 Å². The largest absolute Gasteiger partial charge is 0.506 e. The number of phenols is 1. The first-order chi connectivity index (χ1) is 17.9. The molecule has 2 aromatic heterocycles. The van der Waals surface area contributed by atoms with Crippen molar-refractivity contribution in [1.82, 2.24) is 29.8 Å². The van der Waals surface area contributed by atoms with Gasteiger partial charge in [0.2, 0.25) is 5.91 Å². The van der Waals surface area contributed by atoms with Crippen LogP contribution >= 0.6 is 15.9 Å². The smallest absolute Gasteiger partial charge is 0.277 e. The number of anilines is 1. The number of aromatic hydroxyl groups is 1. The summed E-state index contributed by atoms with van der Waals surface area (Å²) in [4.78, 5) is 29.7. The molecule has 1 fully saturated rings. The quantitative estimate of drug-likeness (QED) is 0.466. The lowest BCUT2D eigenvalue weighted by Gasteiger charge is -2.37. The number of phenolic OH excluding ortho intramolecular Hbond substituents is 1. The Bertz CT molecular complexity index is 1450. The number of hydrogen-bond acceptors (Lipinski definition) is 7. The van der Waals surface area contributed by atoms with Crippen LogP contribution in [-0.4, -0.2) is 66.3 Å². The van der Waals surface area contributed by atoms with Crippen LogP contribution < -0.4 is 5.73 Å². The number of amides is 2. The number of carbonyl (C=O) groups is 2. The van der Waals surface area contributed by atoms with Gasteiger partial charge in [0.05, 0.1) is 23.1 Å². The second kappa shape index (κ2) is 8.98. The average molecular weight is 564 g/mol. The van der Waals surface area contributed by atoms with E-state index in [1.807, 2.05) is 16.8 Å². The zero-order valence-corrected chi connectivity index (χ0v) is 21.7. The van der Waals surface area contributed by atoms with E-state index in [1.165, 1.54) is 6.08 Å². The molecule has 6 rings (SSSR count). The summed E-state index contributed by atoms with van der Waals surface area (Å²) in [5, 5.41) is 23.8. The number of rotatable bonds is 4. The van der Waals surface area contributed by atoms with Gasteiger partial charge in [-0.1, -0.05) is 12.6 Å². The second-order valence-electron chi connectivity index (χ2n) is 9.72. The van der Waals surface area contributed by atoms with Crippen LogP contribution in [0, 0.1) is 0 Å². The molecular weight excluding hydrogens is 538 g/mol. The number of nitrogens with zero attached hydrogens (tertiary/aromatic N) is 6. The fourth-order valence-corrected chi connectivity index (χ4v) is 5.77. The van der Waals surface area contributed by atoms with E-state index in [1.54, 1.807) is 15.9 Å². The summed E-state index contributed by atoms with van der Waals surface area (Å²) in [6.07, 6.45) is 4.64. The van der Waals surface area contributed by atoms with E-state index in [2.05, 4.69) is 38.8 Å². The Balaban J connectivity index is 1.43. The molecule has 2 aliphatic heterocycles. The van der Waals surface area contributed by atoms with Gasteiger partial charge in [0.25, 0.3) is 5.91 Å². The third-order valence-electron chi connectivity index (χ3n) is 7.43. The van der Waals surface area contributed by atoms with E-state index in [0.717, 1.165) is 35.4 Å². The number of nitrogens with two attached hydrogens (primary N) is 1. The van der Waals surface area contributed by atoms with Crippen molar-refractivity contribution in [2.75, 3.05) is 25.4 Å². The topological polar surface area (TPSA) is 130 Å². The van der Waals surface area contributed by atoms with Crippen molar-refractivity contribution in [1.29, 1.82) is 0 Å². The van der Waals surface area contributed by atoms with Gasteiger partial charge in [0.15, 0.2) is 5.69 Å². The molecule has 3 aromatic rings. The summed E-state index contributed by atoms with van der Waals surface area (Å²) in [7, 11) is 0. The molecule has 1 saturated carbocycles. The first kappa shape index (κ1) is 23.7. The lowest BCUT2D eigenvalue weighted by atomic mass is 9.95. The van der Waals surface area contributed by atoms with Crippen molar-refractivity contribution in [2.45, 2.75) is 37.6 Å². The van der Waals surface area contributed by atoms with Gasteiger partial charge in [-0.3, -0.25) is 9.59 Å². The van der Waals surface area contributed by atoms with E-state index in [0.29, 0.717) is 48.7 Å². The molecule has 3 N–H and O–H groups in total. The Morgan fingerprint density at radius 3 is 2.68 bits per heavy atom. The van der Waals surface area contributed by atoms with Crippen molar-refractivity contribution in [3.63, 3.8) is 0 Å². The molecule has 2 amide bonds. The van der Waals surface area contributed by atoms with Crippen LogP contribution in [0.5, 0.6) is 5.75 Å². The highest BCUT2D eigenvalue weighted by Crippen LogP contribution is 2.43. The minimum absolute atomic E-state index is 0.0692. The molecule has 0 bridgehead atoms. The van der Waals surface area contributed by atoms with Gasteiger partial charge >= 0.3 is 0 Å². The summed E-state index contributed by atoms with van der Waals surface area (Å²) in [6.45, 7) is 4.74. The molecule has 1 aliphatic carbocycles. The summed E-state index contributed by atoms with van der Waals surface area (Å²) in [5.41, 5.74) is 10.8. The maximum absolute atomic E-state index is 13.7. The summed E-state index contributed by atoms with van der Waals surface area (Å²) < 4.78 is 2.25. The van der Waals surface area contributed by atoms with Crippen LogP contribution in [0.3, 0.4) is 0 Å². The normalized spacial score (nSPS) is 18.8. The van der Waals surface area contributed by atoms with Gasteiger partial charge in [-0.2, -0.15) is 5.10 Å². The fraction of sp³-hybridized carbons (Fsp3) is 0.346. The maximum atomic E-state index is 13.7. The molecular formula is C26H26BrN7O3. The SMILES string of the molecule is C=CC(=O)N1CCc2nn(-c3ccc(C4CC4)cc3O)c3c2[C@H](C1)N(C(=O)c1nnc(Br)cc1N)CC3. The lowest BCUT2D eigenvalue weighted by molar-refractivity contribution is -0.126. The molecule has 10 nitrogen and oxygen atoms in total. The molecule has 37 heavy (non-hydrogen) atoms. The predicted octanol–water partition coefficient (Wildman–Crippen LogP) is 2.90. The number of carbonyl (C=O) groups excluding carboxylic acids is 2. The highest BCUT2D eigenvalue weighted by molar-refractivity contribution is 9.10. The van der Waals surface area contributed by atoms with Crippen molar-refractivity contribution >= 4 is 33.4 Å². The first-order valence-corrected chi connectivity index (χ1v) is 13.1. The third kappa shape index (κ3) is 4.07. The molecule has 4 heterocycles. The number of nitrogen functional groups attached to an aromatic ring is 1. The van der Waals surface area contributed by atoms with Gasteiger partial charge in [-0.25, -0.2) is 4.68 Å². The zero-order valence-electron chi connectivity index (χ0n) is 20.1. The molecule has 0 unspecified atom stereocenters. The Kier molecular flexibility index (Phi) is 5.74. The molecule has 3 aliphatic rings. The molecule has 0 radical (unpaired) electrons. The van der Waals surface area contributed by atoms with E-state index in [-0.39, 0.29) is 28.9 Å². The molecule has 1 atom stereocenters. The van der Waals surface area contributed by atoms with Crippen molar-refractivity contribution < 1.29 is 14.7 Å². The van der Waals surface area contributed by atoms with Crippen LogP contribution in [-0.2, 0) is 17.6 Å². The van der Waals surface area contributed by atoms with E-state index < -0.39 is 6.04 Å². The highest BCUT2D eigenvalue weighted by Gasteiger charge is 2.41. The summed E-state index contributed by atoms with van der Waals surface area (Å²) in [5.74, 6) is 0.166. The molecule has 11 heteroatoms. The summed E-state index contributed by atoms with van der Waals surface area (Å²) >= 11 is 3.23. The average Bonchev–Trinajstić information content (AvgIpc) is 3.69. The highest BCUT2D eigenvalue weighted by atomic mass is 79.9. The standard InChI is InChI=1S/C26H26BrN7O3/c1-2-23(36)32-9-7-17-24-19(34(31-17)18-6-5-15(11-21(18)35)14-3-4-14)8-10-33(20(24)13-32)26(37)25-16(28)12-22(27)29-30-25/h2,5-6,11-12,14,20,35H,1,3-4,7-10,13H2,(H2,28,29)/t20-/m0/s1. The predicted molar refractivity (Wildman–Crippen MR) is 139 cm³/mol. The van der Waals surface area contributed by atoms with Gasteiger partial charge in [0.1, 0.15) is 16.0 Å². The van der Waals surface area contributed by atoms with Crippen LogP contribution in [0.2, 0.25) is 0 Å². The van der Waals surface area contributed by atoms with Crippen LogP contribution in [0.4, 0.5) is 5.69 Å². The van der Waals surface area contributed by atoms with Gasteiger partial charge < -0.3 is 20.6 Å². The minimum Gasteiger partial charge on any atom is -0.506 e. The van der Waals surface area contributed by atoms with Crippen LogP contribution in [0.1, 0.15) is 57.8 Å². The fourth-order valence-electron chi connectivity index (χ4n) is 5.44. The van der Waals surface area contributed by atoms with E-state index in [4.69, 9.17) is 10.8 Å². The molecule has 1 aromatic carbocycles. The lowest BCUT2D eigenvalue weighted by Crippen LogP contribution is -2.46. The number of halogens is 1. The van der Waals surface area contributed by atoms with Crippen molar-refractivity contribution in [2.24, 2.45) is 0 Å². The number of hydrogen-bond donors (Lipinski definition) is 2. The number of benzene rings is 1. The van der Waals surface area contributed by atoms with Gasteiger partial charge in [-0.15, -0.1) is 10.2 Å².